The van der Waals surface area contributed by atoms with Gasteiger partial charge < -0.3 is 14.5 Å². The number of carbonyl (C=O) groups excluding carboxylic acids is 2. The number of anilines is 1. The number of carbonyl (C=O) groups is 2. The first-order valence-electron chi connectivity index (χ1n) is 10.7. The first kappa shape index (κ1) is 24.5. The van der Waals surface area contributed by atoms with Gasteiger partial charge in [-0.1, -0.05) is 29.8 Å². The van der Waals surface area contributed by atoms with Crippen LogP contribution in [-0.2, 0) is 16.1 Å². The Hall–Kier alpha value is -3.62. The number of nitrogens with one attached hydrogen (secondary N) is 1. The summed E-state index contributed by atoms with van der Waals surface area (Å²) >= 11 is 7.84. The highest BCUT2D eigenvalue weighted by molar-refractivity contribution is 7.98. The summed E-state index contributed by atoms with van der Waals surface area (Å²) in [4.78, 5) is 34.8. The Balaban J connectivity index is 1.92. The number of benzene rings is 2. The van der Waals surface area contributed by atoms with E-state index in [0.717, 1.165) is 4.90 Å². The third-order valence-corrected chi connectivity index (χ3v) is 6.19. The molecule has 9 heteroatoms. The molecule has 2 heterocycles. The maximum absolute atomic E-state index is 13.4. The van der Waals surface area contributed by atoms with Gasteiger partial charge in [-0.05, 0) is 49.6 Å². The number of pyridine rings is 1. The topological polar surface area (TPSA) is 93.8 Å². The fourth-order valence-corrected chi connectivity index (χ4v) is 4.01. The number of esters is 1. The minimum Gasteiger partial charge on any atom is -0.461 e. The Bertz CT molecular complexity index is 1500. The summed E-state index contributed by atoms with van der Waals surface area (Å²) in [5.74, 6) is -0.871. The van der Waals surface area contributed by atoms with Crippen molar-refractivity contribution in [3.05, 3.63) is 88.2 Å². The molecule has 1 N–H and O–H groups in total. The zero-order valence-corrected chi connectivity index (χ0v) is 20.9. The quantitative estimate of drug-likeness (QED) is 0.252. The van der Waals surface area contributed by atoms with Crippen molar-refractivity contribution in [3.63, 3.8) is 0 Å². The van der Waals surface area contributed by atoms with Crippen LogP contribution in [0, 0.1) is 6.92 Å². The zero-order chi connectivity index (χ0) is 24.9. The number of hydrogen-bond acceptors (Lipinski definition) is 7. The van der Waals surface area contributed by atoms with Crippen molar-refractivity contribution in [2.75, 3.05) is 11.6 Å². The lowest BCUT2D eigenvalue weighted by molar-refractivity contribution is -0.142. The van der Waals surface area contributed by atoms with Crippen LogP contribution in [0.3, 0.4) is 0 Å². The molecule has 7 nitrogen and oxygen atoms in total. The first-order chi connectivity index (χ1) is 16.9. The van der Waals surface area contributed by atoms with Crippen molar-refractivity contribution in [2.24, 2.45) is 4.99 Å². The number of hydrogen-bond donors (Lipinski definition) is 1. The standard InChI is InChI=1S/C26H22ClN3O4S/c1-15-24-20(17(13-28-15)14-33-16(2)31)12-21(25(32)30-23-10-5-4-9-22(23)27)26(34-24)29-18-7-6-8-19(11-18)35-3/h4-13H,14H2,1-3H3,(H,30,32). The average Bonchev–Trinajstić information content (AvgIpc) is 2.85. The fraction of sp³-hybridized carbons (Fsp3) is 0.154. The molecule has 0 aliphatic heterocycles. The fourth-order valence-electron chi connectivity index (χ4n) is 3.38. The van der Waals surface area contributed by atoms with E-state index in [1.807, 2.05) is 30.5 Å². The Morgan fingerprint density at radius 3 is 2.71 bits per heavy atom. The lowest BCUT2D eigenvalue weighted by Gasteiger charge is -2.11. The summed E-state index contributed by atoms with van der Waals surface area (Å²) < 4.78 is 11.3. The van der Waals surface area contributed by atoms with E-state index in [1.54, 1.807) is 55.2 Å². The molecule has 0 aliphatic rings. The molecule has 0 atom stereocenters. The van der Waals surface area contributed by atoms with Gasteiger partial charge >= 0.3 is 5.97 Å². The number of halogens is 1. The van der Waals surface area contributed by atoms with Crippen molar-refractivity contribution in [1.82, 2.24) is 4.98 Å². The van der Waals surface area contributed by atoms with Crippen LogP contribution >= 0.6 is 23.4 Å². The van der Waals surface area contributed by atoms with Crippen molar-refractivity contribution >= 4 is 57.6 Å². The minimum absolute atomic E-state index is 0.00748. The predicted octanol–water partition coefficient (Wildman–Crippen LogP) is 6.06. The lowest BCUT2D eigenvalue weighted by Crippen LogP contribution is -2.22. The van der Waals surface area contributed by atoms with E-state index in [4.69, 9.17) is 20.8 Å². The molecule has 0 radical (unpaired) electrons. The van der Waals surface area contributed by atoms with Gasteiger partial charge in [0.15, 0.2) is 5.58 Å². The number of rotatable bonds is 6. The van der Waals surface area contributed by atoms with Gasteiger partial charge in [0, 0.05) is 29.0 Å². The molecule has 178 valence electrons. The second-order valence-electron chi connectivity index (χ2n) is 7.60. The monoisotopic (exact) mass is 507 g/mol. The van der Waals surface area contributed by atoms with Crippen LogP contribution in [0.2, 0.25) is 5.02 Å². The normalized spacial score (nSPS) is 11.5. The van der Waals surface area contributed by atoms with E-state index in [2.05, 4.69) is 15.3 Å². The molecule has 2 aromatic carbocycles. The molecule has 2 aromatic heterocycles. The van der Waals surface area contributed by atoms with Gasteiger partial charge in [0.05, 0.1) is 22.1 Å². The van der Waals surface area contributed by atoms with E-state index in [9.17, 15) is 9.59 Å². The Kier molecular flexibility index (Phi) is 7.53. The molecule has 35 heavy (non-hydrogen) atoms. The molecule has 1 amide bonds. The van der Waals surface area contributed by atoms with Crippen LogP contribution in [0.1, 0.15) is 28.5 Å². The second kappa shape index (κ2) is 10.8. The molecule has 4 rings (SSSR count). The van der Waals surface area contributed by atoms with Gasteiger partial charge in [0.25, 0.3) is 5.91 Å². The van der Waals surface area contributed by atoms with Crippen LogP contribution in [0.15, 0.2) is 75.1 Å². The Morgan fingerprint density at radius 1 is 1.17 bits per heavy atom. The van der Waals surface area contributed by atoms with Crippen LogP contribution in [-0.4, -0.2) is 23.1 Å². The molecule has 0 bridgehead atoms. The summed E-state index contributed by atoms with van der Waals surface area (Å²) in [6.07, 6.45) is 3.58. The van der Waals surface area contributed by atoms with Gasteiger partial charge in [-0.3, -0.25) is 14.6 Å². The largest absolute Gasteiger partial charge is 0.461 e. The summed E-state index contributed by atoms with van der Waals surface area (Å²) in [5.41, 5.74) is 3.07. The van der Waals surface area contributed by atoms with Gasteiger partial charge in [-0.15, -0.1) is 11.8 Å². The maximum Gasteiger partial charge on any atom is 0.302 e. The number of amides is 1. The summed E-state index contributed by atoms with van der Waals surface area (Å²) in [6.45, 7) is 3.12. The molecule has 0 unspecified atom stereocenters. The summed E-state index contributed by atoms with van der Waals surface area (Å²) in [6, 6.07) is 16.2. The van der Waals surface area contributed by atoms with Gasteiger partial charge in [-0.25, -0.2) is 4.99 Å². The highest BCUT2D eigenvalue weighted by atomic mass is 35.5. The van der Waals surface area contributed by atoms with Gasteiger partial charge in [0.1, 0.15) is 12.2 Å². The number of nitrogens with zero attached hydrogens (tertiary/aromatic N) is 2. The third-order valence-electron chi connectivity index (χ3n) is 5.13. The van der Waals surface area contributed by atoms with Crippen molar-refractivity contribution in [1.29, 1.82) is 0 Å². The number of para-hydroxylation sites is 1. The second-order valence-corrected chi connectivity index (χ2v) is 8.89. The van der Waals surface area contributed by atoms with Crippen LogP contribution < -0.4 is 10.9 Å². The van der Waals surface area contributed by atoms with Crippen LogP contribution in [0.25, 0.3) is 11.0 Å². The predicted molar refractivity (Wildman–Crippen MR) is 137 cm³/mol. The maximum atomic E-state index is 13.4. The summed E-state index contributed by atoms with van der Waals surface area (Å²) in [7, 11) is 0. The average molecular weight is 508 g/mol. The molecule has 0 fully saturated rings. The molecule has 0 aliphatic carbocycles. The highest BCUT2D eigenvalue weighted by Gasteiger charge is 2.18. The van der Waals surface area contributed by atoms with E-state index < -0.39 is 11.9 Å². The summed E-state index contributed by atoms with van der Waals surface area (Å²) in [5, 5.41) is 3.83. The Morgan fingerprint density at radius 2 is 1.97 bits per heavy atom. The number of thioether (sulfide) groups is 1. The van der Waals surface area contributed by atoms with Gasteiger partial charge in [-0.2, -0.15) is 0 Å². The molecule has 0 saturated carbocycles. The lowest BCUT2D eigenvalue weighted by atomic mass is 10.1. The number of fused-ring (bicyclic) bond motifs is 1. The molecule has 4 aromatic rings. The Labute approximate surface area is 211 Å². The van der Waals surface area contributed by atoms with Crippen LogP contribution in [0.5, 0.6) is 0 Å². The highest BCUT2D eigenvalue weighted by Crippen LogP contribution is 2.25. The van der Waals surface area contributed by atoms with Crippen LogP contribution in [0.4, 0.5) is 11.4 Å². The van der Waals surface area contributed by atoms with E-state index in [0.29, 0.717) is 38.6 Å². The minimum atomic E-state index is -0.448. The molecule has 0 spiro atoms. The number of aryl methyl sites for hydroxylation is 1. The zero-order valence-electron chi connectivity index (χ0n) is 19.3. The first-order valence-corrected chi connectivity index (χ1v) is 12.3. The van der Waals surface area contributed by atoms with E-state index in [-0.39, 0.29) is 17.7 Å². The smallest absolute Gasteiger partial charge is 0.302 e. The molecule has 0 saturated heterocycles. The van der Waals surface area contributed by atoms with E-state index >= 15 is 0 Å². The van der Waals surface area contributed by atoms with Gasteiger partial charge in [0.2, 0.25) is 5.55 Å². The molecular weight excluding hydrogens is 486 g/mol. The number of ether oxygens (including phenoxy) is 1. The van der Waals surface area contributed by atoms with E-state index in [1.165, 1.54) is 6.92 Å². The van der Waals surface area contributed by atoms with Crippen molar-refractivity contribution in [2.45, 2.75) is 25.3 Å². The molecular formula is C26H22ClN3O4S. The van der Waals surface area contributed by atoms with Crippen molar-refractivity contribution < 1.29 is 18.7 Å². The number of aromatic nitrogens is 1. The van der Waals surface area contributed by atoms with Crippen molar-refractivity contribution in [3.8, 4) is 0 Å². The SMILES string of the molecule is CSc1cccc(N=c2oc3c(C)ncc(COC(C)=O)c3cc2C(=O)Nc2ccccc2Cl)c1. The third kappa shape index (κ3) is 5.72.